The quantitative estimate of drug-likeness (QED) is 0.295. The van der Waals surface area contributed by atoms with Crippen LogP contribution in [-0.2, 0) is 17.8 Å². The number of carboxylic acids is 1. The Morgan fingerprint density at radius 1 is 1.12 bits per heavy atom. The highest BCUT2D eigenvalue weighted by Crippen LogP contribution is 2.25. The van der Waals surface area contributed by atoms with Crippen LogP contribution in [0.2, 0.25) is 0 Å². The second-order valence-electron chi connectivity index (χ2n) is 8.13. The Labute approximate surface area is 192 Å². The number of hydrogen-bond donors (Lipinski definition) is 4. The molecule has 1 atom stereocenters. The molecule has 0 aliphatic heterocycles. The Morgan fingerprint density at radius 3 is 2.48 bits per heavy atom. The number of nitrogens with zero attached hydrogens (tertiary/aromatic N) is 2. The summed E-state index contributed by atoms with van der Waals surface area (Å²) in [6.07, 6.45) is 5.44. The van der Waals surface area contributed by atoms with Gasteiger partial charge in [0, 0.05) is 30.1 Å². The van der Waals surface area contributed by atoms with Gasteiger partial charge in [0.05, 0.1) is 12.7 Å². The van der Waals surface area contributed by atoms with Crippen LogP contribution in [0.5, 0.6) is 0 Å². The minimum atomic E-state index is -0.889. The van der Waals surface area contributed by atoms with E-state index in [1.807, 2.05) is 45.0 Å². The number of anilines is 2. The van der Waals surface area contributed by atoms with Crippen LogP contribution in [0.1, 0.15) is 28.0 Å². The highest BCUT2D eigenvalue weighted by Gasteiger charge is 2.20. The van der Waals surface area contributed by atoms with Gasteiger partial charge in [-0.3, -0.25) is 0 Å². The maximum absolute atomic E-state index is 11.9. The van der Waals surface area contributed by atoms with Crippen molar-refractivity contribution in [2.45, 2.75) is 39.8 Å². The van der Waals surface area contributed by atoms with Crippen LogP contribution < -0.4 is 10.6 Å². The summed E-state index contributed by atoms with van der Waals surface area (Å²) in [5, 5.41) is 16.1. The maximum Gasteiger partial charge on any atom is 0.326 e. The van der Waals surface area contributed by atoms with E-state index in [0.29, 0.717) is 30.6 Å². The van der Waals surface area contributed by atoms with E-state index in [-0.39, 0.29) is 0 Å². The van der Waals surface area contributed by atoms with E-state index in [1.54, 1.807) is 18.6 Å². The fourth-order valence-corrected chi connectivity index (χ4v) is 3.86. The molecule has 1 unspecified atom stereocenters. The minimum absolute atomic E-state index is 0.353. The fraction of sp³-hybridized carbons (Fsp3) is 0.240. The lowest BCUT2D eigenvalue weighted by atomic mass is 10.0. The fourth-order valence-electron chi connectivity index (χ4n) is 3.86. The van der Waals surface area contributed by atoms with Crippen LogP contribution in [0.25, 0.3) is 11.5 Å². The third-order valence-corrected chi connectivity index (χ3v) is 5.42. The van der Waals surface area contributed by atoms with Crippen LogP contribution in [0.15, 0.2) is 59.4 Å². The third-order valence-electron chi connectivity index (χ3n) is 5.42. The summed E-state index contributed by atoms with van der Waals surface area (Å²) in [4.78, 5) is 23.4. The van der Waals surface area contributed by atoms with Crippen molar-refractivity contribution in [1.82, 2.24) is 15.0 Å². The van der Waals surface area contributed by atoms with Gasteiger partial charge in [-0.25, -0.2) is 14.8 Å². The number of imidazole rings is 1. The number of aliphatic carboxylic acids is 1. The van der Waals surface area contributed by atoms with Gasteiger partial charge in [-0.2, -0.15) is 0 Å². The number of H-pyrrole nitrogens is 1. The second kappa shape index (κ2) is 9.60. The third kappa shape index (κ3) is 5.41. The van der Waals surface area contributed by atoms with Gasteiger partial charge in [-0.1, -0.05) is 29.8 Å². The molecule has 0 saturated carbocycles. The second-order valence-corrected chi connectivity index (χ2v) is 8.13. The molecule has 0 fully saturated rings. The molecular weight excluding hydrogens is 418 g/mol. The number of hydrogen-bond acceptors (Lipinski definition) is 6. The van der Waals surface area contributed by atoms with Crippen molar-refractivity contribution < 1.29 is 14.3 Å². The summed E-state index contributed by atoms with van der Waals surface area (Å²) in [5.74, 6) is 0.968. The van der Waals surface area contributed by atoms with Gasteiger partial charge in [0.1, 0.15) is 11.8 Å². The Balaban J connectivity index is 1.42. The first-order valence-electron chi connectivity index (χ1n) is 10.7. The summed E-state index contributed by atoms with van der Waals surface area (Å²) in [6, 6.07) is 11.0. The standard InChI is InChI=1S/C25H27N5O3/c1-15-10-16(2)22(17(3)11-15)30-21(24(31)32)12-18-4-6-19(7-5-18)23-28-13-20(33-23)14-29-25-26-8-9-27-25/h4-11,13,21,30H,12,14H2,1-3H3,(H,31,32)(H2,26,27,29). The molecule has 8 nitrogen and oxygen atoms in total. The lowest BCUT2D eigenvalue weighted by Gasteiger charge is -2.20. The molecule has 2 aromatic heterocycles. The summed E-state index contributed by atoms with van der Waals surface area (Å²) in [7, 11) is 0. The van der Waals surface area contributed by atoms with Crippen molar-refractivity contribution in [2.24, 2.45) is 0 Å². The number of aromatic nitrogens is 3. The molecule has 0 aliphatic rings. The number of rotatable bonds is 9. The van der Waals surface area contributed by atoms with Crippen LogP contribution in [0.4, 0.5) is 11.6 Å². The van der Waals surface area contributed by atoms with Crippen molar-refractivity contribution in [3.05, 3.63) is 83.0 Å². The van der Waals surface area contributed by atoms with Crippen molar-refractivity contribution >= 4 is 17.6 Å². The molecule has 0 saturated heterocycles. The lowest BCUT2D eigenvalue weighted by Crippen LogP contribution is -2.32. The predicted octanol–water partition coefficient (Wildman–Crippen LogP) is 4.71. The minimum Gasteiger partial charge on any atom is -0.480 e. The van der Waals surface area contributed by atoms with Gasteiger partial charge in [-0.15, -0.1) is 0 Å². The zero-order valence-electron chi connectivity index (χ0n) is 18.8. The topological polar surface area (TPSA) is 116 Å². The number of aromatic amines is 1. The van der Waals surface area contributed by atoms with Crippen LogP contribution >= 0.6 is 0 Å². The Hall–Kier alpha value is -4.07. The van der Waals surface area contributed by atoms with Crippen LogP contribution in [-0.4, -0.2) is 32.1 Å². The van der Waals surface area contributed by atoms with Crippen LogP contribution in [0.3, 0.4) is 0 Å². The Kier molecular flexibility index (Phi) is 6.44. The lowest BCUT2D eigenvalue weighted by molar-refractivity contribution is -0.137. The number of aryl methyl sites for hydroxylation is 3. The van der Waals surface area contributed by atoms with Gasteiger partial charge in [0.2, 0.25) is 5.89 Å². The van der Waals surface area contributed by atoms with E-state index in [0.717, 1.165) is 33.5 Å². The molecule has 2 aromatic carbocycles. The summed E-state index contributed by atoms with van der Waals surface area (Å²) in [6.45, 7) is 6.48. The SMILES string of the molecule is Cc1cc(C)c(NC(Cc2ccc(-c3ncc(CNc4ncc[nH]4)o3)cc2)C(=O)O)c(C)c1. The van der Waals surface area contributed by atoms with Crippen molar-refractivity contribution in [2.75, 3.05) is 10.6 Å². The van der Waals surface area contributed by atoms with E-state index in [9.17, 15) is 9.90 Å². The molecule has 0 radical (unpaired) electrons. The maximum atomic E-state index is 11.9. The van der Waals surface area contributed by atoms with E-state index in [4.69, 9.17) is 4.42 Å². The normalized spacial score (nSPS) is 11.8. The Bertz CT molecular complexity index is 1210. The highest BCUT2D eigenvalue weighted by atomic mass is 16.4. The number of oxazole rings is 1. The zero-order valence-corrected chi connectivity index (χ0v) is 18.8. The smallest absolute Gasteiger partial charge is 0.326 e. The van der Waals surface area contributed by atoms with Crippen molar-refractivity contribution in [1.29, 1.82) is 0 Å². The van der Waals surface area contributed by atoms with Crippen LogP contribution in [0, 0.1) is 20.8 Å². The first kappa shape index (κ1) is 22.1. The molecule has 4 rings (SSSR count). The average molecular weight is 446 g/mol. The molecule has 4 aromatic rings. The van der Waals surface area contributed by atoms with E-state index in [1.165, 1.54) is 0 Å². The first-order valence-corrected chi connectivity index (χ1v) is 10.7. The molecule has 0 bridgehead atoms. The van der Waals surface area contributed by atoms with Gasteiger partial charge in [0.25, 0.3) is 0 Å². The molecule has 170 valence electrons. The van der Waals surface area contributed by atoms with E-state index in [2.05, 4.69) is 37.7 Å². The van der Waals surface area contributed by atoms with Gasteiger partial charge < -0.3 is 25.1 Å². The van der Waals surface area contributed by atoms with Gasteiger partial charge in [0.15, 0.2) is 5.95 Å². The molecule has 33 heavy (non-hydrogen) atoms. The molecule has 0 amide bonds. The largest absolute Gasteiger partial charge is 0.480 e. The van der Waals surface area contributed by atoms with E-state index >= 15 is 0 Å². The first-order chi connectivity index (χ1) is 15.9. The van der Waals surface area contributed by atoms with Gasteiger partial charge >= 0.3 is 5.97 Å². The summed E-state index contributed by atoms with van der Waals surface area (Å²) >= 11 is 0. The summed E-state index contributed by atoms with van der Waals surface area (Å²) < 4.78 is 5.82. The van der Waals surface area contributed by atoms with Gasteiger partial charge in [-0.05, 0) is 49.6 Å². The number of benzene rings is 2. The monoisotopic (exact) mass is 445 g/mol. The number of carboxylic acid groups (broad SMARTS) is 1. The molecule has 8 heteroatoms. The molecule has 4 N–H and O–H groups in total. The molecule has 0 aliphatic carbocycles. The van der Waals surface area contributed by atoms with Crippen molar-refractivity contribution in [3.8, 4) is 11.5 Å². The highest BCUT2D eigenvalue weighted by molar-refractivity contribution is 5.79. The predicted molar refractivity (Wildman–Crippen MR) is 127 cm³/mol. The summed E-state index contributed by atoms with van der Waals surface area (Å²) in [5.41, 5.74) is 5.84. The average Bonchev–Trinajstić information content (AvgIpc) is 3.46. The number of nitrogens with one attached hydrogen (secondary N) is 3. The zero-order chi connectivity index (χ0) is 23.4. The van der Waals surface area contributed by atoms with E-state index < -0.39 is 12.0 Å². The number of carbonyl (C=O) groups is 1. The van der Waals surface area contributed by atoms with Crippen molar-refractivity contribution in [3.63, 3.8) is 0 Å². The molecular formula is C25H27N5O3. The molecule has 2 heterocycles. The Morgan fingerprint density at radius 2 is 1.85 bits per heavy atom. The molecule has 0 spiro atoms.